The minimum absolute atomic E-state index is 0.0505. The zero-order valence-corrected chi connectivity index (χ0v) is 14.8. The molecule has 0 fully saturated rings. The Bertz CT molecular complexity index is 976. The lowest BCUT2D eigenvalue weighted by Crippen LogP contribution is -2.18. The number of aromatic nitrogens is 2. The molecule has 124 valence electrons. The van der Waals surface area contributed by atoms with Crippen molar-refractivity contribution in [3.63, 3.8) is 0 Å². The maximum Gasteiger partial charge on any atom is 0.264 e. The Morgan fingerprint density at radius 3 is 3.04 bits per heavy atom. The van der Waals surface area contributed by atoms with Crippen LogP contribution in [0.5, 0.6) is 5.88 Å². The largest absolute Gasteiger partial charge is 0.494 e. The van der Waals surface area contributed by atoms with Crippen molar-refractivity contribution in [2.45, 2.75) is 39.2 Å². The first-order chi connectivity index (χ1) is 11.6. The molecular weight excluding hydrogens is 344 g/mol. The molecule has 2 N–H and O–H groups in total. The van der Waals surface area contributed by atoms with Gasteiger partial charge in [0.25, 0.3) is 5.56 Å². The minimum atomic E-state index is -0.490. The minimum Gasteiger partial charge on any atom is -0.494 e. The van der Waals surface area contributed by atoms with Gasteiger partial charge in [0, 0.05) is 17.6 Å². The fourth-order valence-electron chi connectivity index (χ4n) is 2.84. The van der Waals surface area contributed by atoms with Crippen molar-refractivity contribution >= 4 is 34.8 Å². The number of nitrogens with zero attached hydrogens (tertiary/aromatic N) is 3. The maximum atomic E-state index is 12.1. The van der Waals surface area contributed by atoms with E-state index in [1.165, 1.54) is 27.0 Å². The van der Waals surface area contributed by atoms with Crippen LogP contribution in [0.4, 0.5) is 5.00 Å². The Balaban J connectivity index is 2.05. The average Bonchev–Trinajstić information content (AvgIpc) is 3.11. The molecule has 2 aromatic heterocycles. The van der Waals surface area contributed by atoms with Crippen LogP contribution in [0.25, 0.3) is 0 Å². The summed E-state index contributed by atoms with van der Waals surface area (Å²) in [5.41, 5.74) is 1.22. The summed E-state index contributed by atoms with van der Waals surface area (Å²) in [6.45, 7) is 2.45. The highest BCUT2D eigenvalue weighted by molar-refractivity contribution is 7.71. The van der Waals surface area contributed by atoms with Gasteiger partial charge in [-0.05, 0) is 43.5 Å². The first kappa shape index (κ1) is 16.6. The van der Waals surface area contributed by atoms with E-state index in [0.29, 0.717) is 17.1 Å². The van der Waals surface area contributed by atoms with Crippen molar-refractivity contribution in [1.82, 2.24) is 9.55 Å². The van der Waals surface area contributed by atoms with Crippen LogP contribution in [0.2, 0.25) is 0 Å². The molecule has 2 aromatic rings. The van der Waals surface area contributed by atoms with E-state index >= 15 is 0 Å². The third-order valence-corrected chi connectivity index (χ3v) is 5.50. The van der Waals surface area contributed by atoms with Gasteiger partial charge in [0.1, 0.15) is 16.6 Å². The van der Waals surface area contributed by atoms with Crippen LogP contribution in [-0.4, -0.2) is 20.9 Å². The predicted molar refractivity (Wildman–Crippen MR) is 96.2 cm³/mol. The fraction of sp³-hybridized carbons (Fsp3) is 0.375. The first-order valence-electron chi connectivity index (χ1n) is 7.71. The standard InChI is InChI=1S/C16H16N4O2S2/c1-2-6-20-15(22)11(13(21)19-16(20)23)8-18-14-10(7-17)9-4-3-5-12(9)24-14/h8,22H,2-6H2,1H3,(H,19,21,23)/b18-8+. The molecule has 6 nitrogen and oxygen atoms in total. The Hall–Kier alpha value is -2.24. The number of nitrogens with one attached hydrogen (secondary N) is 1. The summed E-state index contributed by atoms with van der Waals surface area (Å²) >= 11 is 6.56. The van der Waals surface area contributed by atoms with E-state index in [9.17, 15) is 15.2 Å². The van der Waals surface area contributed by atoms with Crippen LogP contribution < -0.4 is 5.56 Å². The molecule has 0 radical (unpaired) electrons. The number of aromatic hydroxyl groups is 1. The van der Waals surface area contributed by atoms with Crippen LogP contribution in [-0.2, 0) is 19.4 Å². The number of H-pyrrole nitrogens is 1. The predicted octanol–water partition coefficient (Wildman–Crippen LogP) is 3.19. The summed E-state index contributed by atoms with van der Waals surface area (Å²) in [6, 6.07) is 2.21. The van der Waals surface area contributed by atoms with Gasteiger partial charge in [-0.25, -0.2) is 4.99 Å². The van der Waals surface area contributed by atoms with E-state index in [4.69, 9.17) is 12.2 Å². The molecule has 2 heterocycles. The number of nitriles is 1. The zero-order valence-electron chi connectivity index (χ0n) is 13.1. The number of rotatable bonds is 4. The Morgan fingerprint density at radius 1 is 1.54 bits per heavy atom. The smallest absolute Gasteiger partial charge is 0.264 e. The van der Waals surface area contributed by atoms with Crippen molar-refractivity contribution in [3.8, 4) is 11.9 Å². The second-order valence-corrected chi connectivity index (χ2v) is 7.03. The summed E-state index contributed by atoms with van der Waals surface area (Å²) in [5, 5.41) is 20.3. The highest BCUT2D eigenvalue weighted by Gasteiger charge is 2.21. The van der Waals surface area contributed by atoms with Gasteiger partial charge in [0.05, 0.1) is 5.56 Å². The van der Waals surface area contributed by atoms with Gasteiger partial charge in [0.2, 0.25) is 5.88 Å². The number of hydrogen-bond donors (Lipinski definition) is 2. The van der Waals surface area contributed by atoms with Gasteiger partial charge in [-0.2, -0.15) is 5.26 Å². The molecule has 0 saturated carbocycles. The van der Waals surface area contributed by atoms with Crippen molar-refractivity contribution in [2.75, 3.05) is 0 Å². The van der Waals surface area contributed by atoms with E-state index in [1.807, 2.05) is 6.92 Å². The summed E-state index contributed by atoms with van der Waals surface area (Å²) in [6.07, 6.45) is 5.02. The molecular formula is C16H16N4O2S2. The molecule has 1 aliphatic rings. The Labute approximate surface area is 147 Å². The second kappa shape index (κ2) is 6.71. The molecule has 0 aromatic carbocycles. The van der Waals surface area contributed by atoms with E-state index < -0.39 is 5.56 Å². The zero-order chi connectivity index (χ0) is 17.3. The van der Waals surface area contributed by atoms with Crippen LogP contribution in [0.1, 0.15) is 41.3 Å². The molecule has 0 atom stereocenters. The van der Waals surface area contributed by atoms with Gasteiger partial charge in [-0.15, -0.1) is 11.3 Å². The number of hydrogen-bond acceptors (Lipinski definition) is 6. The molecule has 0 spiro atoms. The third kappa shape index (κ3) is 2.81. The van der Waals surface area contributed by atoms with Crippen LogP contribution in [0.3, 0.4) is 0 Å². The van der Waals surface area contributed by atoms with E-state index in [0.717, 1.165) is 31.2 Å². The summed E-state index contributed by atoms with van der Waals surface area (Å²) in [7, 11) is 0. The molecule has 0 amide bonds. The summed E-state index contributed by atoms with van der Waals surface area (Å²) in [5.74, 6) is -0.197. The molecule has 0 bridgehead atoms. The lowest BCUT2D eigenvalue weighted by Gasteiger charge is -2.09. The van der Waals surface area contributed by atoms with Crippen molar-refractivity contribution < 1.29 is 5.11 Å². The molecule has 8 heteroatoms. The van der Waals surface area contributed by atoms with Crippen LogP contribution >= 0.6 is 23.6 Å². The molecule has 3 rings (SSSR count). The summed E-state index contributed by atoms with van der Waals surface area (Å²) < 4.78 is 1.65. The van der Waals surface area contributed by atoms with Gasteiger partial charge in [-0.1, -0.05) is 6.92 Å². The second-order valence-electron chi connectivity index (χ2n) is 5.56. The van der Waals surface area contributed by atoms with E-state index in [1.54, 1.807) is 0 Å². The van der Waals surface area contributed by atoms with Gasteiger partial charge >= 0.3 is 0 Å². The highest BCUT2D eigenvalue weighted by atomic mass is 32.1. The van der Waals surface area contributed by atoms with Gasteiger partial charge in [0.15, 0.2) is 4.77 Å². The fourth-order valence-corrected chi connectivity index (χ4v) is 4.30. The topological polar surface area (TPSA) is 94.2 Å². The van der Waals surface area contributed by atoms with Crippen LogP contribution in [0, 0.1) is 16.1 Å². The van der Waals surface area contributed by atoms with Crippen molar-refractivity contribution in [3.05, 3.63) is 36.7 Å². The summed E-state index contributed by atoms with van der Waals surface area (Å²) in [4.78, 5) is 20.1. The van der Waals surface area contributed by atoms with Crippen LogP contribution in [0.15, 0.2) is 9.79 Å². The molecule has 0 unspecified atom stereocenters. The molecule has 1 aliphatic carbocycles. The van der Waals surface area contributed by atoms with E-state index in [-0.39, 0.29) is 16.2 Å². The lowest BCUT2D eigenvalue weighted by molar-refractivity contribution is 0.402. The SMILES string of the molecule is CCCn1c(O)c(/C=N/c2sc3c(c2C#N)CCC3)c(=O)[nH]c1=S. The number of aromatic amines is 1. The lowest BCUT2D eigenvalue weighted by atomic mass is 10.1. The van der Waals surface area contributed by atoms with Crippen molar-refractivity contribution in [2.24, 2.45) is 4.99 Å². The monoisotopic (exact) mass is 360 g/mol. The van der Waals surface area contributed by atoms with Crippen molar-refractivity contribution in [1.29, 1.82) is 5.26 Å². The molecule has 24 heavy (non-hydrogen) atoms. The molecule has 0 aliphatic heterocycles. The van der Waals surface area contributed by atoms with E-state index in [2.05, 4.69) is 16.0 Å². The number of aryl methyl sites for hydroxylation is 1. The maximum absolute atomic E-state index is 12.1. The number of thiophene rings is 1. The van der Waals surface area contributed by atoms with Gasteiger partial charge < -0.3 is 5.11 Å². The number of aliphatic imine (C=N–C) groups is 1. The average molecular weight is 360 g/mol. The molecule has 0 saturated heterocycles. The van der Waals surface area contributed by atoms with Gasteiger partial charge in [-0.3, -0.25) is 14.3 Å². The first-order valence-corrected chi connectivity index (χ1v) is 8.94. The number of fused-ring (bicyclic) bond motifs is 1. The Morgan fingerprint density at radius 2 is 2.33 bits per heavy atom. The normalized spacial score (nSPS) is 13.3. The quantitative estimate of drug-likeness (QED) is 0.647. The third-order valence-electron chi connectivity index (χ3n) is 3.98. The highest BCUT2D eigenvalue weighted by Crippen LogP contribution is 2.40. The Kier molecular flexibility index (Phi) is 4.64.